The highest BCUT2D eigenvalue weighted by Gasteiger charge is 2.31. The van der Waals surface area contributed by atoms with Gasteiger partial charge in [0.2, 0.25) is 5.91 Å². The highest BCUT2D eigenvalue weighted by Crippen LogP contribution is 2.37. The van der Waals surface area contributed by atoms with Gasteiger partial charge in [0.25, 0.3) is 5.91 Å². The summed E-state index contributed by atoms with van der Waals surface area (Å²) in [5.74, 6) is 1.16. The first-order valence-electron chi connectivity index (χ1n) is 9.07. The van der Waals surface area contributed by atoms with Crippen LogP contribution in [0.25, 0.3) is 5.69 Å². The van der Waals surface area contributed by atoms with Crippen molar-refractivity contribution < 1.29 is 19.1 Å². The lowest BCUT2D eigenvalue weighted by Crippen LogP contribution is -2.25. The molecular weight excluding hydrogens is 372 g/mol. The Bertz CT molecular complexity index is 1040. The van der Waals surface area contributed by atoms with Crippen LogP contribution in [0.15, 0.2) is 54.9 Å². The molecule has 1 unspecified atom stereocenters. The number of carbonyl (C=O) groups excluding carboxylic acids is 2. The molecule has 0 aliphatic carbocycles. The normalized spacial score (nSPS) is 15.3. The number of aromatic nitrogens is 2. The number of fused-ring (bicyclic) bond motifs is 1. The summed E-state index contributed by atoms with van der Waals surface area (Å²) in [5, 5.41) is 2.93. The van der Waals surface area contributed by atoms with Crippen molar-refractivity contribution in [2.45, 2.75) is 12.3 Å². The average molecular weight is 392 g/mol. The minimum Gasteiger partial charge on any atom is -0.497 e. The Balaban J connectivity index is 1.64. The van der Waals surface area contributed by atoms with Crippen LogP contribution in [0.1, 0.15) is 23.6 Å². The summed E-state index contributed by atoms with van der Waals surface area (Å²) in [6, 6.07) is 14.8. The number of ether oxygens (including phenoxy) is 2. The van der Waals surface area contributed by atoms with Crippen molar-refractivity contribution in [3.05, 3.63) is 66.1 Å². The molecule has 0 saturated carbocycles. The molecule has 2 amide bonds. The van der Waals surface area contributed by atoms with Gasteiger partial charge in [-0.25, -0.2) is 4.98 Å². The molecule has 0 saturated heterocycles. The number of rotatable bonds is 6. The standard InChI is InChI=1S/C21H20N4O4/c1-28-15-8-4-14(5-9-15)25-12-23-20-17(10-19(27)24-21(20)25)13-2-6-16(7-3-13)29-11-18(22)26/h2-9,12,17H,10-11H2,1H3,(H2,22,26)(H,24,27). The Hall–Kier alpha value is -3.81. The number of nitrogens with zero attached hydrogens (tertiary/aromatic N) is 2. The van der Waals surface area contributed by atoms with E-state index in [-0.39, 0.29) is 18.4 Å². The third-order valence-corrected chi connectivity index (χ3v) is 4.79. The number of benzene rings is 2. The molecule has 1 atom stereocenters. The van der Waals surface area contributed by atoms with Gasteiger partial charge >= 0.3 is 0 Å². The SMILES string of the molecule is COc1ccc(-n2cnc3c2NC(=O)CC3c2ccc(OCC(N)=O)cc2)cc1. The van der Waals surface area contributed by atoms with Gasteiger partial charge in [-0.3, -0.25) is 14.2 Å². The van der Waals surface area contributed by atoms with E-state index in [9.17, 15) is 9.59 Å². The first-order chi connectivity index (χ1) is 14.0. The summed E-state index contributed by atoms with van der Waals surface area (Å²) >= 11 is 0. The molecule has 2 heterocycles. The second kappa shape index (κ2) is 7.67. The van der Waals surface area contributed by atoms with E-state index < -0.39 is 5.91 Å². The van der Waals surface area contributed by atoms with Gasteiger partial charge in [0.1, 0.15) is 23.6 Å². The van der Waals surface area contributed by atoms with Crippen LogP contribution in [0.5, 0.6) is 11.5 Å². The largest absolute Gasteiger partial charge is 0.497 e. The van der Waals surface area contributed by atoms with Crippen LogP contribution in [-0.4, -0.2) is 35.1 Å². The van der Waals surface area contributed by atoms with Gasteiger partial charge in [0, 0.05) is 18.0 Å². The summed E-state index contributed by atoms with van der Waals surface area (Å²) in [5.41, 5.74) is 7.70. The highest BCUT2D eigenvalue weighted by atomic mass is 16.5. The Kier molecular flexibility index (Phi) is 4.90. The van der Waals surface area contributed by atoms with Crippen LogP contribution < -0.4 is 20.5 Å². The van der Waals surface area contributed by atoms with E-state index >= 15 is 0 Å². The molecule has 0 bridgehead atoms. The third kappa shape index (κ3) is 3.77. The Morgan fingerprint density at radius 1 is 1.17 bits per heavy atom. The van der Waals surface area contributed by atoms with Gasteiger partial charge in [-0.2, -0.15) is 0 Å². The average Bonchev–Trinajstić information content (AvgIpc) is 3.16. The Morgan fingerprint density at radius 3 is 2.52 bits per heavy atom. The number of primary amides is 1. The Morgan fingerprint density at radius 2 is 1.86 bits per heavy atom. The van der Waals surface area contributed by atoms with Crippen molar-refractivity contribution in [1.82, 2.24) is 9.55 Å². The maximum Gasteiger partial charge on any atom is 0.255 e. The molecule has 4 rings (SSSR count). The van der Waals surface area contributed by atoms with Gasteiger partial charge in [-0.15, -0.1) is 0 Å². The molecule has 148 valence electrons. The smallest absolute Gasteiger partial charge is 0.255 e. The molecule has 1 aromatic heterocycles. The Labute approximate surface area is 167 Å². The molecule has 8 nitrogen and oxygen atoms in total. The monoisotopic (exact) mass is 392 g/mol. The fourth-order valence-electron chi connectivity index (χ4n) is 3.37. The van der Waals surface area contributed by atoms with Gasteiger partial charge < -0.3 is 20.5 Å². The van der Waals surface area contributed by atoms with Gasteiger partial charge in [-0.1, -0.05) is 12.1 Å². The number of hydrogen-bond acceptors (Lipinski definition) is 5. The van der Waals surface area contributed by atoms with Gasteiger partial charge in [-0.05, 0) is 42.0 Å². The van der Waals surface area contributed by atoms with E-state index in [1.165, 1.54) is 0 Å². The van der Waals surface area contributed by atoms with E-state index in [1.54, 1.807) is 25.6 Å². The van der Waals surface area contributed by atoms with Crippen LogP contribution in [0.2, 0.25) is 0 Å². The lowest BCUT2D eigenvalue weighted by molar-refractivity contribution is -0.120. The molecule has 1 aliphatic rings. The highest BCUT2D eigenvalue weighted by molar-refractivity contribution is 5.94. The van der Waals surface area contributed by atoms with Crippen LogP contribution in [-0.2, 0) is 9.59 Å². The predicted molar refractivity (Wildman–Crippen MR) is 106 cm³/mol. The number of methoxy groups -OCH3 is 1. The van der Waals surface area contributed by atoms with E-state index in [0.717, 1.165) is 22.7 Å². The number of anilines is 1. The second-order valence-electron chi connectivity index (χ2n) is 6.68. The first kappa shape index (κ1) is 18.5. The lowest BCUT2D eigenvalue weighted by Gasteiger charge is -2.23. The summed E-state index contributed by atoms with van der Waals surface area (Å²) in [6.07, 6.45) is 2.00. The van der Waals surface area contributed by atoms with E-state index in [4.69, 9.17) is 15.2 Å². The quantitative estimate of drug-likeness (QED) is 0.669. The van der Waals surface area contributed by atoms with Crippen molar-refractivity contribution >= 4 is 17.6 Å². The first-order valence-corrected chi connectivity index (χ1v) is 9.07. The number of nitrogens with two attached hydrogens (primary N) is 1. The van der Waals surface area contributed by atoms with Gasteiger partial charge in [0.15, 0.2) is 6.61 Å². The molecule has 0 radical (unpaired) electrons. The van der Waals surface area contributed by atoms with Crippen LogP contribution in [0.3, 0.4) is 0 Å². The summed E-state index contributed by atoms with van der Waals surface area (Å²) in [6.45, 7) is -0.179. The third-order valence-electron chi connectivity index (χ3n) is 4.79. The number of imidazole rings is 1. The van der Waals surface area contributed by atoms with Gasteiger partial charge in [0.05, 0.1) is 12.8 Å². The van der Waals surface area contributed by atoms with Crippen molar-refractivity contribution in [2.75, 3.05) is 19.0 Å². The van der Waals surface area contributed by atoms with E-state index in [2.05, 4.69) is 10.3 Å². The van der Waals surface area contributed by atoms with Crippen molar-refractivity contribution in [3.63, 3.8) is 0 Å². The molecule has 0 fully saturated rings. The maximum atomic E-state index is 12.4. The minimum atomic E-state index is -0.535. The number of nitrogens with one attached hydrogen (secondary N) is 1. The molecule has 2 aromatic carbocycles. The molecule has 1 aliphatic heterocycles. The fourth-order valence-corrected chi connectivity index (χ4v) is 3.37. The van der Waals surface area contributed by atoms with Crippen LogP contribution in [0.4, 0.5) is 5.82 Å². The molecule has 3 N–H and O–H groups in total. The van der Waals surface area contributed by atoms with Crippen molar-refractivity contribution in [2.24, 2.45) is 5.73 Å². The summed E-state index contributed by atoms with van der Waals surface area (Å²) < 4.78 is 12.3. The van der Waals surface area contributed by atoms with E-state index in [0.29, 0.717) is 18.0 Å². The zero-order valence-corrected chi connectivity index (χ0v) is 15.8. The van der Waals surface area contributed by atoms with E-state index in [1.807, 2.05) is 41.0 Å². The predicted octanol–water partition coefficient (Wildman–Crippen LogP) is 2.22. The van der Waals surface area contributed by atoms with Crippen LogP contribution in [0, 0.1) is 0 Å². The maximum absolute atomic E-state index is 12.4. The topological polar surface area (TPSA) is 108 Å². The second-order valence-corrected chi connectivity index (χ2v) is 6.68. The fraction of sp³-hybridized carbons (Fsp3) is 0.190. The summed E-state index contributed by atoms with van der Waals surface area (Å²) in [4.78, 5) is 27.8. The molecule has 29 heavy (non-hydrogen) atoms. The summed E-state index contributed by atoms with van der Waals surface area (Å²) in [7, 11) is 1.61. The zero-order chi connectivity index (χ0) is 20.4. The zero-order valence-electron chi connectivity index (χ0n) is 15.8. The van der Waals surface area contributed by atoms with Crippen molar-refractivity contribution in [3.8, 4) is 17.2 Å². The molecule has 0 spiro atoms. The minimum absolute atomic E-state index is 0.0770. The van der Waals surface area contributed by atoms with Crippen molar-refractivity contribution in [1.29, 1.82) is 0 Å². The van der Waals surface area contributed by atoms with Crippen LogP contribution >= 0.6 is 0 Å². The molecular formula is C21H20N4O4. The number of hydrogen-bond donors (Lipinski definition) is 2. The number of amides is 2. The molecule has 3 aromatic rings. The lowest BCUT2D eigenvalue weighted by atomic mass is 9.90. The molecule has 8 heteroatoms. The number of carbonyl (C=O) groups is 2.